The van der Waals surface area contributed by atoms with Crippen LogP contribution in [-0.4, -0.2) is 67.1 Å². The number of hydrogen-bond donors (Lipinski definition) is 0. The topological polar surface area (TPSA) is 90.2 Å². The van der Waals surface area contributed by atoms with Crippen LogP contribution in [0.5, 0.6) is 0 Å². The number of aromatic nitrogens is 4. The van der Waals surface area contributed by atoms with Crippen molar-refractivity contribution in [3.63, 3.8) is 0 Å². The van der Waals surface area contributed by atoms with E-state index in [2.05, 4.69) is 15.0 Å². The molecule has 1 aliphatic heterocycles. The zero-order valence-electron chi connectivity index (χ0n) is 17.5. The van der Waals surface area contributed by atoms with Crippen molar-refractivity contribution in [2.75, 3.05) is 32.6 Å². The second-order valence-electron chi connectivity index (χ2n) is 7.46. The normalized spacial score (nSPS) is 15.1. The SMILES string of the molecule is CS(=O)c1cn(-c2ncc(-c3ccncc3)cn2)c2cc(C(=O)N3CCOCC3)ccc12. The van der Waals surface area contributed by atoms with Crippen LogP contribution in [0.4, 0.5) is 0 Å². The van der Waals surface area contributed by atoms with Crippen LogP contribution in [0.2, 0.25) is 0 Å². The number of morpholine rings is 1. The first-order chi connectivity index (χ1) is 15.6. The molecule has 1 saturated heterocycles. The lowest BCUT2D eigenvalue weighted by atomic mass is 10.1. The fraction of sp³-hybridized carbons (Fsp3) is 0.217. The highest BCUT2D eigenvalue weighted by Crippen LogP contribution is 2.28. The number of pyridine rings is 1. The Morgan fingerprint density at radius 3 is 2.44 bits per heavy atom. The van der Waals surface area contributed by atoms with Crippen LogP contribution in [0.15, 0.2) is 66.2 Å². The number of amides is 1. The minimum Gasteiger partial charge on any atom is -0.378 e. The summed E-state index contributed by atoms with van der Waals surface area (Å²) in [5.74, 6) is 0.400. The van der Waals surface area contributed by atoms with E-state index >= 15 is 0 Å². The van der Waals surface area contributed by atoms with Gasteiger partial charge >= 0.3 is 0 Å². The van der Waals surface area contributed by atoms with Crippen LogP contribution < -0.4 is 0 Å². The highest BCUT2D eigenvalue weighted by atomic mass is 32.2. The first kappa shape index (κ1) is 20.5. The van der Waals surface area contributed by atoms with Gasteiger partial charge in [-0.2, -0.15) is 0 Å². The Morgan fingerprint density at radius 2 is 1.75 bits per heavy atom. The zero-order valence-corrected chi connectivity index (χ0v) is 18.3. The third kappa shape index (κ3) is 3.80. The van der Waals surface area contributed by atoms with Gasteiger partial charge in [-0.25, -0.2) is 9.97 Å². The van der Waals surface area contributed by atoms with E-state index in [9.17, 15) is 9.00 Å². The third-order valence-corrected chi connectivity index (χ3v) is 6.44. The number of rotatable bonds is 4. The van der Waals surface area contributed by atoms with E-state index in [1.165, 1.54) is 0 Å². The van der Waals surface area contributed by atoms with E-state index in [0.29, 0.717) is 42.7 Å². The van der Waals surface area contributed by atoms with Crippen LogP contribution in [0.25, 0.3) is 28.0 Å². The van der Waals surface area contributed by atoms with Gasteiger partial charge in [-0.15, -0.1) is 0 Å². The van der Waals surface area contributed by atoms with E-state index in [1.54, 1.807) is 52.8 Å². The lowest BCUT2D eigenvalue weighted by Crippen LogP contribution is -2.40. The van der Waals surface area contributed by atoms with Crippen molar-refractivity contribution < 1.29 is 13.7 Å². The Labute approximate surface area is 187 Å². The summed E-state index contributed by atoms with van der Waals surface area (Å²) in [7, 11) is -1.21. The highest BCUT2D eigenvalue weighted by Gasteiger charge is 2.21. The predicted octanol–water partition coefficient (Wildman–Crippen LogP) is 2.69. The zero-order chi connectivity index (χ0) is 22.1. The summed E-state index contributed by atoms with van der Waals surface area (Å²) in [5.41, 5.74) is 3.15. The van der Waals surface area contributed by atoms with Crippen molar-refractivity contribution in [3.05, 3.63) is 66.9 Å². The Hall–Kier alpha value is -3.43. The summed E-state index contributed by atoms with van der Waals surface area (Å²) in [6, 6.07) is 9.25. The third-order valence-electron chi connectivity index (χ3n) is 5.49. The molecule has 1 unspecified atom stereocenters. The van der Waals surface area contributed by atoms with Crippen LogP contribution in [0, 0.1) is 0 Å². The van der Waals surface area contributed by atoms with Gasteiger partial charge in [-0.3, -0.25) is 18.6 Å². The van der Waals surface area contributed by atoms with Crippen molar-refractivity contribution in [1.82, 2.24) is 24.4 Å². The highest BCUT2D eigenvalue weighted by molar-refractivity contribution is 7.84. The Kier molecular flexibility index (Phi) is 5.50. The van der Waals surface area contributed by atoms with Gasteiger partial charge in [-0.1, -0.05) is 6.07 Å². The van der Waals surface area contributed by atoms with Crippen LogP contribution in [-0.2, 0) is 15.5 Å². The maximum Gasteiger partial charge on any atom is 0.254 e. The van der Waals surface area contributed by atoms with Crippen molar-refractivity contribution in [2.45, 2.75) is 4.90 Å². The minimum absolute atomic E-state index is 0.0453. The largest absolute Gasteiger partial charge is 0.378 e. The average molecular weight is 448 g/mol. The van der Waals surface area contributed by atoms with Gasteiger partial charge in [0.25, 0.3) is 5.91 Å². The lowest BCUT2D eigenvalue weighted by Gasteiger charge is -2.26. The molecule has 1 aromatic carbocycles. The summed E-state index contributed by atoms with van der Waals surface area (Å²) < 4.78 is 19.5. The maximum absolute atomic E-state index is 13.0. The summed E-state index contributed by atoms with van der Waals surface area (Å²) in [5, 5.41) is 0.811. The second kappa shape index (κ2) is 8.60. The van der Waals surface area contributed by atoms with Gasteiger partial charge in [-0.05, 0) is 29.8 Å². The molecule has 32 heavy (non-hydrogen) atoms. The molecule has 0 radical (unpaired) electrons. The molecule has 4 aromatic rings. The summed E-state index contributed by atoms with van der Waals surface area (Å²) in [6.07, 6.45) is 10.4. The van der Waals surface area contributed by atoms with Crippen molar-refractivity contribution in [2.24, 2.45) is 0 Å². The van der Waals surface area contributed by atoms with Crippen LogP contribution in [0.1, 0.15) is 10.4 Å². The van der Waals surface area contributed by atoms with Crippen molar-refractivity contribution >= 4 is 27.6 Å². The molecular weight excluding hydrogens is 426 g/mol. The fourth-order valence-electron chi connectivity index (χ4n) is 3.81. The molecule has 162 valence electrons. The molecule has 0 bridgehead atoms. The van der Waals surface area contributed by atoms with E-state index < -0.39 is 10.8 Å². The summed E-state index contributed by atoms with van der Waals surface area (Å²) in [6.45, 7) is 2.23. The minimum atomic E-state index is -1.21. The van der Waals surface area contributed by atoms with Gasteiger partial charge in [0.05, 0.1) is 34.4 Å². The molecule has 4 heterocycles. The van der Waals surface area contributed by atoms with Crippen LogP contribution in [0.3, 0.4) is 0 Å². The molecule has 0 spiro atoms. The molecule has 1 aliphatic rings. The summed E-state index contributed by atoms with van der Waals surface area (Å²) in [4.78, 5) is 28.6. The molecule has 1 atom stereocenters. The Morgan fingerprint density at radius 1 is 1.03 bits per heavy atom. The molecular formula is C23H21N5O3S. The van der Waals surface area contributed by atoms with E-state index in [0.717, 1.165) is 22.0 Å². The first-order valence-electron chi connectivity index (χ1n) is 10.2. The van der Waals surface area contributed by atoms with E-state index in [4.69, 9.17) is 4.74 Å². The molecule has 0 N–H and O–H groups in total. The molecule has 5 rings (SSSR count). The quantitative estimate of drug-likeness (QED) is 0.478. The number of nitrogens with zero attached hydrogens (tertiary/aromatic N) is 5. The number of fused-ring (bicyclic) bond motifs is 1. The van der Waals surface area contributed by atoms with Gasteiger partial charge in [0.1, 0.15) is 0 Å². The van der Waals surface area contributed by atoms with Gasteiger partial charge in [0.15, 0.2) is 0 Å². The Bertz CT molecular complexity index is 1300. The van der Waals surface area contributed by atoms with E-state index in [-0.39, 0.29) is 5.91 Å². The number of carbonyl (C=O) groups excluding carboxylic acids is 1. The second-order valence-corrected chi connectivity index (χ2v) is 8.81. The van der Waals surface area contributed by atoms with Crippen molar-refractivity contribution in [3.8, 4) is 17.1 Å². The van der Waals surface area contributed by atoms with Crippen molar-refractivity contribution in [1.29, 1.82) is 0 Å². The van der Waals surface area contributed by atoms with Gasteiger partial charge < -0.3 is 9.64 Å². The fourth-order valence-corrected chi connectivity index (χ4v) is 4.55. The van der Waals surface area contributed by atoms with Gasteiger partial charge in [0, 0.05) is 66.8 Å². The molecule has 1 fully saturated rings. The Balaban J connectivity index is 1.57. The average Bonchev–Trinajstić information content (AvgIpc) is 3.24. The standard InChI is InChI=1S/C23H21N5O3S/c1-32(30)21-15-28(23-25-13-18(14-26-23)16-4-6-24-7-5-16)20-12-17(2-3-19(20)21)22(29)27-8-10-31-11-9-27/h2-7,12-15H,8-11H2,1H3. The molecule has 0 saturated carbocycles. The monoisotopic (exact) mass is 447 g/mol. The molecule has 8 nitrogen and oxygen atoms in total. The number of benzene rings is 1. The molecule has 9 heteroatoms. The molecule has 3 aromatic heterocycles. The number of ether oxygens (including phenoxy) is 1. The molecule has 0 aliphatic carbocycles. The van der Waals surface area contributed by atoms with Gasteiger partial charge in [0.2, 0.25) is 5.95 Å². The first-order valence-corrected chi connectivity index (χ1v) is 11.8. The lowest BCUT2D eigenvalue weighted by molar-refractivity contribution is 0.0303. The smallest absolute Gasteiger partial charge is 0.254 e. The predicted molar refractivity (Wildman–Crippen MR) is 121 cm³/mol. The number of carbonyl (C=O) groups is 1. The maximum atomic E-state index is 13.0. The summed E-state index contributed by atoms with van der Waals surface area (Å²) >= 11 is 0. The molecule has 1 amide bonds. The number of hydrogen-bond acceptors (Lipinski definition) is 6. The van der Waals surface area contributed by atoms with Crippen LogP contribution >= 0.6 is 0 Å². The van der Waals surface area contributed by atoms with E-state index in [1.807, 2.05) is 24.3 Å².